The molecule has 0 spiro atoms. The fourth-order valence-electron chi connectivity index (χ4n) is 4.33. The maximum atomic E-state index is 13.2. The molecule has 0 saturated carbocycles. The highest BCUT2D eigenvalue weighted by Gasteiger charge is 2.20. The maximum absolute atomic E-state index is 13.2. The first-order valence-electron chi connectivity index (χ1n) is 13.0. The highest BCUT2D eigenvalue weighted by Crippen LogP contribution is 2.24. The summed E-state index contributed by atoms with van der Waals surface area (Å²) in [7, 11) is 1.28. The average molecular weight is 597 g/mol. The van der Waals surface area contributed by atoms with Gasteiger partial charge in [0.05, 0.1) is 24.5 Å². The van der Waals surface area contributed by atoms with Crippen LogP contribution in [-0.2, 0) is 16.0 Å². The normalized spacial score (nSPS) is 11.7. The van der Waals surface area contributed by atoms with Gasteiger partial charge < -0.3 is 10.1 Å². The Morgan fingerprint density at radius 2 is 1.86 bits per heavy atom. The van der Waals surface area contributed by atoms with E-state index >= 15 is 0 Å². The van der Waals surface area contributed by atoms with Gasteiger partial charge in [-0.1, -0.05) is 54.1 Å². The second-order valence-electron chi connectivity index (χ2n) is 9.27. The summed E-state index contributed by atoms with van der Waals surface area (Å²) in [6.45, 7) is 0. The lowest BCUT2D eigenvalue weighted by Gasteiger charge is -2.18. The number of aromatic nitrogens is 6. The molecule has 0 aliphatic carbocycles. The topological polar surface area (TPSA) is 157 Å². The van der Waals surface area contributed by atoms with Gasteiger partial charge in [0.25, 0.3) is 5.56 Å². The van der Waals surface area contributed by atoms with Gasteiger partial charge in [-0.05, 0) is 64.9 Å². The van der Waals surface area contributed by atoms with Crippen LogP contribution in [0.15, 0.2) is 96.1 Å². The fraction of sp³-hybridized carbons (Fsp3) is 0.100. The molecule has 0 saturated heterocycles. The molecule has 0 radical (unpaired) electrons. The second kappa shape index (κ2) is 13.4. The number of rotatable bonds is 9. The number of tetrazole rings is 1. The number of hydrogen-bond acceptors (Lipinski definition) is 8. The highest BCUT2D eigenvalue weighted by molar-refractivity contribution is 6.30. The van der Waals surface area contributed by atoms with Crippen LogP contribution < -0.4 is 16.2 Å². The first kappa shape index (κ1) is 28.9. The molecule has 1 atom stereocenters. The Hall–Kier alpha value is -5.62. The van der Waals surface area contributed by atoms with Crippen LogP contribution in [0.2, 0.25) is 5.02 Å². The van der Waals surface area contributed by atoms with Gasteiger partial charge in [0.1, 0.15) is 6.33 Å². The summed E-state index contributed by atoms with van der Waals surface area (Å²) in [6.07, 6.45) is 4.16. The van der Waals surface area contributed by atoms with Gasteiger partial charge in [0.15, 0.2) is 0 Å². The number of anilines is 1. The van der Waals surface area contributed by atoms with Gasteiger partial charge >= 0.3 is 6.09 Å². The van der Waals surface area contributed by atoms with Gasteiger partial charge in [0, 0.05) is 33.5 Å². The van der Waals surface area contributed by atoms with E-state index in [4.69, 9.17) is 11.6 Å². The van der Waals surface area contributed by atoms with Crippen LogP contribution >= 0.6 is 11.6 Å². The predicted molar refractivity (Wildman–Crippen MR) is 161 cm³/mol. The molecule has 3 aromatic carbocycles. The number of nitrogens with one attached hydrogen (secondary N) is 3. The number of halogens is 1. The molecule has 0 aliphatic heterocycles. The molecule has 1 unspecified atom stereocenters. The van der Waals surface area contributed by atoms with Gasteiger partial charge in [-0.2, -0.15) is 9.78 Å². The minimum Gasteiger partial charge on any atom is -0.453 e. The van der Waals surface area contributed by atoms with Gasteiger partial charge in [-0.15, -0.1) is 5.10 Å². The molecule has 0 aliphatic rings. The van der Waals surface area contributed by atoms with E-state index in [0.717, 1.165) is 5.56 Å². The van der Waals surface area contributed by atoms with Crippen molar-refractivity contribution in [3.05, 3.63) is 123 Å². The molecular weight excluding hydrogens is 572 g/mol. The predicted octanol–water partition coefficient (Wildman–Crippen LogP) is 4.36. The SMILES string of the molecule is COC(=O)Nc1ccc(-c2cc(C(Cc3ccccc3)NC(=O)C=Cc3cc(Cl)ccc3-n3cnnn3)c(=O)[nH]n2)cc1. The zero-order valence-corrected chi connectivity index (χ0v) is 23.5. The molecule has 12 nitrogen and oxygen atoms in total. The number of aromatic amines is 1. The Bertz CT molecular complexity index is 1810. The Balaban J connectivity index is 1.43. The molecule has 2 aromatic heterocycles. The molecule has 13 heteroatoms. The fourth-order valence-corrected chi connectivity index (χ4v) is 4.51. The zero-order chi connectivity index (χ0) is 30.2. The standard InChI is InChI=1S/C30H25ClN8O4/c1-43-30(42)33-23-11-7-20(8-12-23)25-17-24(29(41)36-35-25)26(15-19-5-3-2-4-6-19)34-28(40)14-9-21-16-22(31)10-13-27(21)39-18-32-37-38-39/h2-14,16-18,26H,15H2,1H3,(H,33,42)(H,34,40)(H,36,41). The van der Waals surface area contributed by atoms with Crippen LogP contribution in [0.25, 0.3) is 23.0 Å². The van der Waals surface area contributed by atoms with E-state index in [0.29, 0.717) is 45.2 Å². The third-order valence-electron chi connectivity index (χ3n) is 6.42. The Morgan fingerprint density at radius 1 is 1.07 bits per heavy atom. The highest BCUT2D eigenvalue weighted by atomic mass is 35.5. The van der Waals surface area contributed by atoms with E-state index in [1.165, 1.54) is 24.2 Å². The molecule has 5 rings (SSSR count). The molecule has 2 heterocycles. The summed E-state index contributed by atoms with van der Waals surface area (Å²) in [5, 5.41) is 24.0. The van der Waals surface area contributed by atoms with Crippen molar-refractivity contribution in [3.8, 4) is 16.9 Å². The van der Waals surface area contributed by atoms with Crippen LogP contribution in [0.3, 0.4) is 0 Å². The number of hydrogen-bond donors (Lipinski definition) is 3. The zero-order valence-electron chi connectivity index (χ0n) is 22.8. The van der Waals surface area contributed by atoms with Crippen LogP contribution in [0.1, 0.15) is 22.7 Å². The number of nitrogens with zero attached hydrogens (tertiary/aromatic N) is 5. The van der Waals surface area contributed by atoms with Crippen molar-refractivity contribution in [2.24, 2.45) is 0 Å². The van der Waals surface area contributed by atoms with E-state index in [-0.39, 0.29) is 0 Å². The van der Waals surface area contributed by atoms with Crippen molar-refractivity contribution in [2.75, 3.05) is 12.4 Å². The summed E-state index contributed by atoms with van der Waals surface area (Å²) in [6, 6.07) is 22.5. The van der Waals surface area contributed by atoms with E-state index in [1.54, 1.807) is 54.6 Å². The first-order valence-corrected chi connectivity index (χ1v) is 13.4. The minimum absolute atomic E-state index is 0.324. The molecule has 3 N–H and O–H groups in total. The maximum Gasteiger partial charge on any atom is 0.411 e. The molecule has 216 valence electrons. The van der Waals surface area contributed by atoms with Crippen molar-refractivity contribution < 1.29 is 14.3 Å². The third-order valence-corrected chi connectivity index (χ3v) is 6.65. The van der Waals surface area contributed by atoms with Gasteiger partial charge in [0.2, 0.25) is 5.91 Å². The van der Waals surface area contributed by atoms with E-state index in [2.05, 4.69) is 41.1 Å². The average Bonchev–Trinajstić information content (AvgIpc) is 3.56. The van der Waals surface area contributed by atoms with E-state index < -0.39 is 23.6 Å². The van der Waals surface area contributed by atoms with Crippen LogP contribution in [-0.4, -0.2) is 49.5 Å². The van der Waals surface area contributed by atoms with E-state index in [9.17, 15) is 14.4 Å². The Labute approximate surface area is 250 Å². The lowest BCUT2D eigenvalue weighted by atomic mass is 9.98. The number of amides is 2. The molecule has 5 aromatic rings. The van der Waals surface area contributed by atoms with Gasteiger partial charge in [-0.25, -0.2) is 9.89 Å². The minimum atomic E-state index is -0.691. The first-order chi connectivity index (χ1) is 20.9. The van der Waals surface area contributed by atoms with Crippen molar-refractivity contribution in [3.63, 3.8) is 0 Å². The third kappa shape index (κ3) is 7.37. The summed E-state index contributed by atoms with van der Waals surface area (Å²) in [4.78, 5) is 37.8. The summed E-state index contributed by atoms with van der Waals surface area (Å²) < 4.78 is 6.08. The number of methoxy groups -OCH3 is 1. The molecule has 0 bridgehead atoms. The molecule has 0 fully saturated rings. The molecule has 2 amide bonds. The van der Waals surface area contributed by atoms with Crippen molar-refractivity contribution >= 4 is 35.4 Å². The van der Waals surface area contributed by atoms with Gasteiger partial charge in [-0.3, -0.25) is 14.9 Å². The van der Waals surface area contributed by atoms with Crippen LogP contribution in [0, 0.1) is 0 Å². The summed E-state index contributed by atoms with van der Waals surface area (Å²) in [5.74, 6) is -0.431. The van der Waals surface area contributed by atoms with Crippen molar-refractivity contribution in [1.29, 1.82) is 0 Å². The van der Waals surface area contributed by atoms with Crippen LogP contribution in [0.4, 0.5) is 10.5 Å². The smallest absolute Gasteiger partial charge is 0.411 e. The van der Waals surface area contributed by atoms with E-state index in [1.807, 2.05) is 30.3 Å². The number of carbonyl (C=O) groups excluding carboxylic acids is 2. The lowest BCUT2D eigenvalue weighted by Crippen LogP contribution is -2.33. The number of ether oxygens (including phenoxy) is 1. The Morgan fingerprint density at radius 3 is 2.58 bits per heavy atom. The summed E-state index contributed by atoms with van der Waals surface area (Å²) in [5.41, 5.74) is 3.75. The number of H-pyrrole nitrogens is 1. The molecule has 43 heavy (non-hydrogen) atoms. The summed E-state index contributed by atoms with van der Waals surface area (Å²) >= 11 is 6.20. The monoisotopic (exact) mass is 596 g/mol. The quantitative estimate of drug-likeness (QED) is 0.212. The van der Waals surface area contributed by atoms with Crippen molar-refractivity contribution in [2.45, 2.75) is 12.5 Å². The lowest BCUT2D eigenvalue weighted by molar-refractivity contribution is -0.117. The molecular formula is C30H25ClN8O4. The Kier molecular flexibility index (Phi) is 8.98. The number of carbonyl (C=O) groups is 2. The van der Waals surface area contributed by atoms with Crippen molar-refractivity contribution in [1.82, 2.24) is 35.7 Å². The number of benzene rings is 3. The second-order valence-corrected chi connectivity index (χ2v) is 9.71. The van der Waals surface area contributed by atoms with Crippen LogP contribution in [0.5, 0.6) is 0 Å². The largest absolute Gasteiger partial charge is 0.453 e.